The number of aromatic nitrogens is 24. The van der Waals surface area contributed by atoms with E-state index in [1.165, 1.54) is 108 Å². The molecule has 4 aliphatic carbocycles. The molecule has 12 heterocycles. The molecule has 132 heavy (non-hydrogen) atoms. The van der Waals surface area contributed by atoms with Crippen molar-refractivity contribution >= 4 is 256 Å². The van der Waals surface area contributed by atoms with Crippen LogP contribution in [0.1, 0.15) is 82.9 Å². The van der Waals surface area contributed by atoms with E-state index >= 15 is 0 Å². The van der Waals surface area contributed by atoms with E-state index in [9.17, 15) is 37.7 Å². The molecule has 0 unspecified atom stereocenters. The fourth-order valence-electron chi connectivity index (χ4n) is 11.5. The average Bonchev–Trinajstić information content (AvgIpc) is 1.63. The van der Waals surface area contributed by atoms with Crippen molar-refractivity contribution in [3.63, 3.8) is 0 Å². The summed E-state index contributed by atoms with van der Waals surface area (Å²) in [7, 11) is -2.34. The molecule has 2 amide bonds. The van der Waals surface area contributed by atoms with Crippen molar-refractivity contribution in [2.75, 3.05) is 61.8 Å². The van der Waals surface area contributed by atoms with E-state index in [0.29, 0.717) is 90.2 Å². The number of H-pyrrole nitrogens is 6. The van der Waals surface area contributed by atoms with Crippen molar-refractivity contribution in [1.29, 1.82) is 0 Å². The van der Waals surface area contributed by atoms with Crippen LogP contribution in [-0.4, -0.2) is 221 Å². The number of rotatable bonds is 10. The molecule has 2 aromatic carbocycles. The minimum Gasteiger partial charge on any atom is -0.870 e. The summed E-state index contributed by atoms with van der Waals surface area (Å²) in [5, 5.41) is 58.7. The summed E-state index contributed by atoms with van der Waals surface area (Å²) >= 11 is 44.5. The van der Waals surface area contributed by atoms with E-state index in [2.05, 4.69) is 270 Å². The summed E-state index contributed by atoms with van der Waals surface area (Å²) in [4.78, 5) is 104. The number of aliphatic imine (C=N–C) groups is 1. The number of allylic oxidation sites excluding steroid dienone is 3. The number of ether oxygens (including phenoxy) is 2. The molecule has 4 aliphatic rings. The number of nitrogens with one attached hydrogen (secondary N) is 9. The largest absolute Gasteiger partial charge is 1.00 e. The van der Waals surface area contributed by atoms with Crippen molar-refractivity contribution in [2.24, 2.45) is 10.7 Å². The van der Waals surface area contributed by atoms with Crippen molar-refractivity contribution in [2.45, 2.75) is 105 Å². The SMILES string of the molecule is C=C(C)B(O)O.CCOC(=O)N=C=S.CCOC(=O)NC(=S)Nc1ccn[nH]1.CSc1nc(Cl)n2ncc(Br)c2n1.CSc1nc(N[C@@H]2CCC3=C(C2)c2ccccc2C3)n2ncc(Br)c2n1.CSc1nc2c(Br)cnn2c(=O)[nH]1.CSc1nc2ccnn2c(=O)[nH]1.N[C@@H]1CCC2=C(C1)c1ccccc1C2.Nc1ccn[nH]1.O=P(Cl)(Cl)Cl.O=c1[nH]c(=O)n2nccc2[nH]1.[2H]CF.[Na+].[OH-]. The van der Waals surface area contributed by atoms with Gasteiger partial charge in [-0.05, 0) is 254 Å². The molecular formula is C73H83BBr3Cl4FN30NaO12PS6. The van der Waals surface area contributed by atoms with Gasteiger partial charge in [0.1, 0.15) is 17.3 Å². The zero-order chi connectivity index (χ0) is 96.0. The molecule has 2 atom stereocenters. The molecule has 0 aliphatic heterocycles. The second-order valence-corrected chi connectivity index (χ2v) is 38.9. The minimum atomic E-state index is -3.22. The Balaban J connectivity index is 0.000000265. The Morgan fingerprint density at radius 3 is 1.73 bits per heavy atom. The number of nitrogens with zero attached hydrogens (tertiary/aromatic N) is 19. The number of halogens is 8. The van der Waals surface area contributed by atoms with Gasteiger partial charge < -0.3 is 47.1 Å². The fraction of sp³-hybridized carbons (Fsp3) is 0.274. The Kier molecular flexibility index (Phi) is 48.9. The third kappa shape index (κ3) is 35.7. The molecule has 42 nitrogen and oxygen atoms in total. The number of anilines is 3. The number of benzene rings is 2. The fourth-order valence-corrected chi connectivity index (χ4v) is 14.5. The van der Waals surface area contributed by atoms with Crippen LogP contribution >= 0.6 is 170 Å². The van der Waals surface area contributed by atoms with E-state index in [0.717, 1.165) is 62.3 Å². The summed E-state index contributed by atoms with van der Waals surface area (Å²) < 4.78 is 43.2. The van der Waals surface area contributed by atoms with Crippen LogP contribution in [0.15, 0.2) is 198 Å². The van der Waals surface area contributed by atoms with E-state index in [4.69, 9.17) is 46.7 Å². The minimum absolute atomic E-state index is 0. The molecule has 0 radical (unpaired) electrons. The molecule has 0 bridgehead atoms. The van der Waals surface area contributed by atoms with E-state index in [1.807, 2.05) is 35.2 Å². The molecule has 0 fully saturated rings. The topological polar surface area (TPSA) is 593 Å². The first kappa shape index (κ1) is 112. The molecule has 59 heteroatoms. The van der Waals surface area contributed by atoms with Gasteiger partial charge in [0.15, 0.2) is 48.3 Å². The summed E-state index contributed by atoms with van der Waals surface area (Å²) in [5.41, 5.74) is 25.2. The Hall–Kier alpha value is -8.88. The van der Waals surface area contributed by atoms with Gasteiger partial charge in [-0.1, -0.05) is 112 Å². The van der Waals surface area contributed by atoms with E-state index < -0.39 is 43.0 Å². The predicted molar refractivity (Wildman–Crippen MR) is 527 cm³/mol. The maximum atomic E-state index is 11.3. The number of thioether (sulfide) groups is 4. The number of hydrogen-bond acceptors (Lipinski definition) is 34. The van der Waals surface area contributed by atoms with E-state index in [1.54, 1.807) is 109 Å². The Morgan fingerprint density at radius 2 is 1.20 bits per heavy atom. The van der Waals surface area contributed by atoms with Crippen LogP contribution in [-0.2, 0) is 26.9 Å². The number of carbonyl (C=O) groups excluding carboxylic acids is 2. The number of amides is 2. The van der Waals surface area contributed by atoms with Crippen LogP contribution < -0.4 is 79.7 Å². The Morgan fingerprint density at radius 1 is 0.697 bits per heavy atom. The monoisotopic (exact) mass is 2230 g/mol. The van der Waals surface area contributed by atoms with Gasteiger partial charge >= 0.3 is 76.8 Å². The van der Waals surface area contributed by atoms with Crippen molar-refractivity contribution in [3.05, 3.63) is 222 Å². The van der Waals surface area contributed by atoms with Gasteiger partial charge in [0.2, 0.25) is 11.2 Å². The number of nitrogens with two attached hydrogens (primary N) is 2. The number of alkyl halides is 1. The van der Waals surface area contributed by atoms with Crippen molar-refractivity contribution < 1.29 is 74.5 Å². The third-order valence-electron chi connectivity index (χ3n) is 17.0. The first-order chi connectivity index (χ1) is 62.6. The number of isothiocyanates is 1. The van der Waals surface area contributed by atoms with Gasteiger partial charge in [-0.3, -0.25) is 44.4 Å². The molecule has 14 aromatic rings. The Labute approximate surface area is 845 Å². The standard InChI is InChI=1S/C19H18BrN5S.C13H15N.C7H10N4O2S.C6H4BrClN4S.C6H5BrN4OS.C6H6N4OS.C5H4N4O2.C4H5NO2S.C3H7BO2.C3H5N3.CH3F.Cl3OP.Na.H2O/c1-26-19-23-17-16(20)10-21-25(17)18(24-19)22-13-7-6-12-8-11-4-2-3-5-14(11)15(12)9-13;14-11-6-5-10-7-9-3-1-2-4-12(9)13(10)8-11;1-2-13-7(12)10-6(14)9-5-3-4-8-11-5;1-13-6-10-4-3(7)2-9-12(4)5(8)11-6;1-13-5-9-4-3(7)2-8-11(4)6(12)10-5;1-12-5-8-4-2-3-7-10(4)6(11)9-5;10-4-7-3-1-2-6-9(3)5(11)8-4;1-2-7-4(6)5-3-8;1-3(2)4(5)6;4-3-1-2-5-6-3;1-2;1-5(2,3)4;;/h2-5,10,13H,6-9H2,1H3,(H,22,23,24);1-4,11H,5-8,14H2;3-4H,2H2,1H3,(H3,8,9,10,11,12,14);2H,1H3;2H,1H3,(H,9,10,12);2-3H,1H3,(H,8,9,11);1-2H,(H2,7,8,10,11);2H2,1H3;5-6H,1H2,2H3;1-2H,(H3,4,5,6);1H3;;;1H2/q;;;;;;;;;;;;+1;/p-1/t13-;11-;;;;;;;;;;;;/m11............/s1/i;;;;;;;;;;1D;;;. The van der Waals surface area contributed by atoms with Gasteiger partial charge in [0, 0.05) is 30.3 Å². The molecule has 698 valence electrons. The number of hydrogen-bond donors (Lipinski definition) is 13. The molecule has 0 saturated carbocycles. The summed E-state index contributed by atoms with van der Waals surface area (Å²) in [5.74, 6) is 1.98. The first-order valence-corrected chi connectivity index (χ1v) is 50.3. The van der Waals surface area contributed by atoms with E-state index in [-0.39, 0.29) is 51.5 Å². The molecule has 12 aromatic heterocycles. The van der Waals surface area contributed by atoms with Crippen molar-refractivity contribution in [1.82, 2.24) is 124 Å². The normalized spacial score (nSPS) is 13.1. The van der Waals surface area contributed by atoms with Gasteiger partial charge in [-0.25, -0.2) is 48.7 Å². The maximum Gasteiger partial charge on any atom is 1.00 e. The Bertz CT molecular complexity index is 6610. The predicted octanol–water partition coefficient (Wildman–Crippen LogP) is 11.0. The first-order valence-electron chi connectivity index (χ1n) is 38.1. The summed E-state index contributed by atoms with van der Waals surface area (Å²) in [6.45, 7) is 8.83. The van der Waals surface area contributed by atoms with Crippen LogP contribution in [0.5, 0.6) is 0 Å². The van der Waals surface area contributed by atoms with Gasteiger partial charge in [0.05, 0.1) is 83.7 Å². The number of alkyl carbamates (subject to hydrolysis) is 1. The quantitative estimate of drug-likeness (QED) is 0.0199. The van der Waals surface area contributed by atoms with Crippen LogP contribution in [0.3, 0.4) is 0 Å². The van der Waals surface area contributed by atoms with Crippen LogP contribution in [0.2, 0.25) is 5.28 Å². The van der Waals surface area contributed by atoms with Crippen LogP contribution in [0.25, 0.3) is 39.4 Å². The molecular weight excluding hydrogens is 2150 g/mol. The number of nitrogen functional groups attached to an aromatic ring is 1. The average molecular weight is 2230 g/mol. The van der Waals surface area contributed by atoms with Gasteiger partial charge in [-0.2, -0.15) is 68.2 Å². The molecule has 0 saturated heterocycles. The third-order valence-corrected chi connectivity index (χ3v) is 21.5. The summed E-state index contributed by atoms with van der Waals surface area (Å²) in [6, 6.07) is 24.9. The van der Waals surface area contributed by atoms with Crippen LogP contribution in [0.4, 0.5) is 31.6 Å². The number of thiocarbonyl (C=S) groups is 2. The zero-order valence-corrected chi connectivity index (χ0v) is 86.4. The molecule has 16 N–H and O–H groups in total. The van der Waals surface area contributed by atoms with Crippen LogP contribution in [0, 0.1) is 0 Å². The number of fused-ring (bicyclic) bond motifs is 9. The number of carbonyl (C=O) groups is 2. The maximum absolute atomic E-state index is 11.3. The van der Waals surface area contributed by atoms with Gasteiger partial charge in [0.25, 0.3) is 0 Å². The summed E-state index contributed by atoms with van der Waals surface area (Å²) in [6.07, 6.45) is 26.5. The number of aromatic amines is 6. The molecule has 18 rings (SSSR count). The second-order valence-electron chi connectivity index (χ2n) is 25.6. The smallest absolute Gasteiger partial charge is 0.870 e. The zero-order valence-electron chi connectivity index (χ0n) is 71.8. The van der Waals surface area contributed by atoms with Crippen molar-refractivity contribution in [3.8, 4) is 0 Å². The second kappa shape index (κ2) is 57.8. The van der Waals surface area contributed by atoms with Gasteiger partial charge in [-0.15, -0.1) is 11.6 Å². The molecule has 0 spiro atoms.